The van der Waals surface area contributed by atoms with Crippen molar-refractivity contribution in [1.29, 1.82) is 0 Å². The van der Waals surface area contributed by atoms with Crippen LogP contribution in [0.25, 0.3) is 0 Å². The molecule has 0 spiro atoms. The van der Waals surface area contributed by atoms with Crippen molar-refractivity contribution in [2.45, 2.75) is 84.0 Å². The number of unbranched alkanes of at least 4 members (excludes halogenated alkanes) is 7. The fourth-order valence-electron chi connectivity index (χ4n) is 3.70. The minimum atomic E-state index is 1.30. The maximum absolute atomic E-state index is 2.70. The van der Waals surface area contributed by atoms with E-state index in [9.17, 15) is 0 Å². The average molecular weight is 279 g/mol. The van der Waals surface area contributed by atoms with E-state index in [4.69, 9.17) is 0 Å². The van der Waals surface area contributed by atoms with Crippen molar-refractivity contribution < 1.29 is 4.58 Å². The van der Waals surface area contributed by atoms with Gasteiger partial charge < -0.3 is 0 Å². The van der Waals surface area contributed by atoms with Gasteiger partial charge in [0, 0.05) is 6.42 Å². The van der Waals surface area contributed by atoms with Gasteiger partial charge in [-0.15, -0.1) is 0 Å². The Morgan fingerprint density at radius 2 is 1.60 bits per heavy atom. The van der Waals surface area contributed by atoms with E-state index in [2.05, 4.69) is 16.4 Å². The topological polar surface area (TPSA) is 6.25 Å². The van der Waals surface area contributed by atoms with Gasteiger partial charge in [-0.2, -0.15) is 0 Å². The van der Waals surface area contributed by atoms with Gasteiger partial charge in [0.05, 0.1) is 13.1 Å². The van der Waals surface area contributed by atoms with Crippen molar-refractivity contribution in [3.63, 3.8) is 0 Å². The first-order chi connectivity index (χ1) is 9.92. The first-order valence-corrected chi connectivity index (χ1v) is 9.27. The third-order valence-corrected chi connectivity index (χ3v) is 4.98. The summed E-state index contributed by atoms with van der Waals surface area (Å²) in [6, 6.07) is 0. The minimum Gasteiger partial charge on any atom is -0.262 e. The molecule has 0 saturated carbocycles. The number of nitrogens with zero attached hydrogens (tertiary/aromatic N) is 2. The molecular formula is C18H35N2+. The van der Waals surface area contributed by atoms with E-state index in [1.807, 2.05) is 0 Å². The molecule has 0 aliphatic carbocycles. The van der Waals surface area contributed by atoms with Gasteiger partial charge in [-0.25, -0.2) is 0 Å². The summed E-state index contributed by atoms with van der Waals surface area (Å²) < 4.78 is 2.66. The van der Waals surface area contributed by atoms with E-state index in [0.29, 0.717) is 0 Å². The molecule has 2 aliphatic rings. The van der Waals surface area contributed by atoms with Gasteiger partial charge in [-0.05, 0) is 32.1 Å². The van der Waals surface area contributed by atoms with Crippen LogP contribution in [-0.4, -0.2) is 41.5 Å². The Kier molecular flexibility index (Phi) is 7.46. The summed E-state index contributed by atoms with van der Waals surface area (Å²) >= 11 is 0. The standard InChI is InChI=1S/C18H35N2/c1-2-3-4-5-6-7-8-11-14-19-16-17-20-15-12-9-10-13-18(19)20/h2-17H2,1H3/q+1. The fraction of sp³-hybridized carbons (Fsp3) is 0.944. The van der Waals surface area contributed by atoms with Crippen LogP contribution in [0.15, 0.2) is 0 Å². The van der Waals surface area contributed by atoms with Crippen molar-refractivity contribution in [2.75, 3.05) is 26.2 Å². The molecule has 2 nitrogen and oxygen atoms in total. The van der Waals surface area contributed by atoms with Crippen molar-refractivity contribution in [3.8, 4) is 0 Å². The normalized spacial score (nSPS) is 19.4. The van der Waals surface area contributed by atoms with E-state index < -0.39 is 0 Å². The SMILES string of the molecule is CCCCCCCCCCN1CC[N+]2=C1CCCCC2. The third-order valence-electron chi connectivity index (χ3n) is 4.98. The lowest BCUT2D eigenvalue weighted by Gasteiger charge is -2.12. The van der Waals surface area contributed by atoms with Gasteiger partial charge in [0.2, 0.25) is 5.84 Å². The van der Waals surface area contributed by atoms with Crippen molar-refractivity contribution in [2.24, 2.45) is 0 Å². The molecule has 0 atom stereocenters. The fourth-order valence-corrected chi connectivity index (χ4v) is 3.70. The van der Waals surface area contributed by atoms with Gasteiger partial charge >= 0.3 is 0 Å². The molecule has 116 valence electrons. The van der Waals surface area contributed by atoms with E-state index in [-0.39, 0.29) is 0 Å². The molecule has 0 aromatic carbocycles. The number of hydrogen-bond donors (Lipinski definition) is 0. The summed E-state index contributed by atoms with van der Waals surface area (Å²) in [6.07, 6.45) is 17.1. The first kappa shape index (κ1) is 15.9. The van der Waals surface area contributed by atoms with Crippen LogP contribution in [0.1, 0.15) is 84.0 Å². The van der Waals surface area contributed by atoms with Crippen molar-refractivity contribution >= 4 is 5.84 Å². The molecule has 2 heteroatoms. The molecular weight excluding hydrogens is 244 g/mol. The predicted octanol–water partition coefficient (Wildman–Crippen LogP) is 4.43. The van der Waals surface area contributed by atoms with E-state index in [0.717, 1.165) is 0 Å². The monoisotopic (exact) mass is 279 g/mol. The van der Waals surface area contributed by atoms with Gasteiger partial charge in [0.1, 0.15) is 13.1 Å². The Balaban J connectivity index is 1.55. The second-order valence-electron chi connectivity index (χ2n) is 6.68. The largest absolute Gasteiger partial charge is 0.262 e. The zero-order valence-electron chi connectivity index (χ0n) is 13.7. The molecule has 0 bridgehead atoms. The molecule has 2 rings (SSSR count). The van der Waals surface area contributed by atoms with E-state index in [1.54, 1.807) is 5.84 Å². The summed E-state index contributed by atoms with van der Waals surface area (Å²) in [6.45, 7) is 7.53. The van der Waals surface area contributed by atoms with Crippen molar-refractivity contribution in [3.05, 3.63) is 0 Å². The number of amidine groups is 1. The second kappa shape index (κ2) is 9.41. The van der Waals surface area contributed by atoms with Crippen molar-refractivity contribution in [1.82, 2.24) is 4.90 Å². The van der Waals surface area contributed by atoms with Crippen LogP contribution in [0.2, 0.25) is 0 Å². The Morgan fingerprint density at radius 3 is 2.40 bits per heavy atom. The molecule has 0 saturated heterocycles. The summed E-state index contributed by atoms with van der Waals surface area (Å²) in [7, 11) is 0. The molecule has 0 aromatic heterocycles. The highest BCUT2D eigenvalue weighted by molar-refractivity contribution is 5.78. The maximum Gasteiger partial charge on any atom is 0.247 e. The van der Waals surface area contributed by atoms with Crippen LogP contribution in [0.5, 0.6) is 0 Å². The van der Waals surface area contributed by atoms with E-state index >= 15 is 0 Å². The highest BCUT2D eigenvalue weighted by atomic mass is 15.3. The molecule has 0 fully saturated rings. The van der Waals surface area contributed by atoms with Crippen LogP contribution in [0, 0.1) is 0 Å². The Labute approximate surface area is 126 Å². The van der Waals surface area contributed by atoms with Gasteiger partial charge in [-0.3, -0.25) is 9.48 Å². The summed E-state index contributed by atoms with van der Waals surface area (Å²) in [4.78, 5) is 2.70. The Bertz CT molecular complexity index is 296. The minimum absolute atomic E-state index is 1.30. The summed E-state index contributed by atoms with van der Waals surface area (Å²) in [5.41, 5.74) is 0. The third kappa shape index (κ3) is 5.10. The van der Waals surface area contributed by atoms with E-state index in [1.165, 1.54) is 103 Å². The average Bonchev–Trinajstić information content (AvgIpc) is 2.70. The quantitative estimate of drug-likeness (QED) is 0.447. The molecule has 0 unspecified atom stereocenters. The van der Waals surface area contributed by atoms with Gasteiger partial charge in [0.15, 0.2) is 0 Å². The molecule has 0 radical (unpaired) electrons. The molecule has 2 aliphatic heterocycles. The lowest BCUT2D eigenvalue weighted by molar-refractivity contribution is -0.518. The molecule has 0 aromatic rings. The maximum atomic E-state index is 2.70. The lowest BCUT2D eigenvalue weighted by Crippen LogP contribution is -2.30. The second-order valence-corrected chi connectivity index (χ2v) is 6.68. The first-order valence-electron chi connectivity index (χ1n) is 9.27. The molecule has 2 heterocycles. The van der Waals surface area contributed by atoms with Crippen LogP contribution in [0.4, 0.5) is 0 Å². The smallest absolute Gasteiger partial charge is 0.247 e. The zero-order valence-corrected chi connectivity index (χ0v) is 13.7. The number of hydrogen-bond acceptors (Lipinski definition) is 1. The van der Waals surface area contributed by atoms with Gasteiger partial charge in [-0.1, -0.05) is 45.4 Å². The van der Waals surface area contributed by atoms with Crippen LogP contribution < -0.4 is 0 Å². The highest BCUT2D eigenvalue weighted by Crippen LogP contribution is 2.16. The molecule has 0 N–H and O–H groups in total. The van der Waals surface area contributed by atoms with Crippen LogP contribution >= 0.6 is 0 Å². The highest BCUT2D eigenvalue weighted by Gasteiger charge is 2.30. The Hall–Kier alpha value is -0.530. The zero-order chi connectivity index (χ0) is 14.0. The summed E-state index contributed by atoms with van der Waals surface area (Å²) in [5.74, 6) is 1.69. The summed E-state index contributed by atoms with van der Waals surface area (Å²) in [5, 5.41) is 0. The lowest BCUT2D eigenvalue weighted by atomic mass is 10.1. The van der Waals surface area contributed by atoms with Crippen LogP contribution in [-0.2, 0) is 0 Å². The predicted molar refractivity (Wildman–Crippen MR) is 87.7 cm³/mol. The molecule has 20 heavy (non-hydrogen) atoms. The van der Waals surface area contributed by atoms with Gasteiger partial charge in [0.25, 0.3) is 0 Å². The molecule has 0 amide bonds. The van der Waals surface area contributed by atoms with Crippen LogP contribution in [0.3, 0.4) is 0 Å². The number of rotatable bonds is 9. The Morgan fingerprint density at radius 1 is 0.850 bits per heavy atom.